The molecule has 0 radical (unpaired) electrons. The van der Waals surface area contributed by atoms with Gasteiger partial charge < -0.3 is 15.7 Å². The molecule has 1 rings (SSSR count). The second-order valence-electron chi connectivity index (χ2n) is 4.78. The molecule has 0 aromatic heterocycles. The molecular formula is C12H24N2O2. The second kappa shape index (κ2) is 6.86. The molecule has 1 atom stereocenters. The number of carbonyl (C=O) groups is 1. The van der Waals surface area contributed by atoms with Gasteiger partial charge in [0, 0.05) is 19.0 Å². The molecule has 1 saturated carbocycles. The first kappa shape index (κ1) is 13.5. The molecule has 94 valence electrons. The number of nitrogens with two attached hydrogens (primary N) is 1. The van der Waals surface area contributed by atoms with Crippen molar-refractivity contribution in [3.63, 3.8) is 0 Å². The lowest BCUT2D eigenvalue weighted by molar-refractivity contribution is -0.136. The minimum atomic E-state index is 0.0642. The van der Waals surface area contributed by atoms with Gasteiger partial charge in [-0.05, 0) is 38.1 Å². The summed E-state index contributed by atoms with van der Waals surface area (Å²) in [4.78, 5) is 13.8. The van der Waals surface area contributed by atoms with Gasteiger partial charge in [-0.25, -0.2) is 0 Å². The first-order valence-corrected chi connectivity index (χ1v) is 6.29. The Morgan fingerprint density at radius 2 is 2.25 bits per heavy atom. The maximum Gasteiger partial charge on any atom is 0.222 e. The van der Waals surface area contributed by atoms with Crippen LogP contribution >= 0.6 is 0 Å². The van der Waals surface area contributed by atoms with E-state index in [0.29, 0.717) is 31.5 Å². The number of nitrogens with zero attached hydrogens (tertiary/aromatic N) is 1. The van der Waals surface area contributed by atoms with E-state index in [4.69, 9.17) is 10.8 Å². The van der Waals surface area contributed by atoms with Gasteiger partial charge in [0.15, 0.2) is 0 Å². The molecule has 3 N–H and O–H groups in total. The van der Waals surface area contributed by atoms with Crippen LogP contribution in [0.5, 0.6) is 0 Å². The first-order chi connectivity index (χ1) is 7.69. The Bertz CT molecular complexity index is 217. The van der Waals surface area contributed by atoms with Crippen LogP contribution in [0.4, 0.5) is 0 Å². The molecule has 1 amide bonds. The Morgan fingerprint density at radius 3 is 2.69 bits per heavy atom. The smallest absolute Gasteiger partial charge is 0.222 e. The van der Waals surface area contributed by atoms with Crippen LogP contribution in [0.15, 0.2) is 0 Å². The maximum atomic E-state index is 12.0. The van der Waals surface area contributed by atoms with Gasteiger partial charge in [-0.3, -0.25) is 4.79 Å². The number of rotatable bonds is 7. The zero-order chi connectivity index (χ0) is 12.0. The molecule has 0 aromatic carbocycles. The van der Waals surface area contributed by atoms with Crippen LogP contribution in [-0.2, 0) is 4.79 Å². The van der Waals surface area contributed by atoms with E-state index in [1.807, 2.05) is 4.90 Å². The second-order valence-corrected chi connectivity index (χ2v) is 4.78. The molecule has 1 fully saturated rings. The van der Waals surface area contributed by atoms with Gasteiger partial charge in [0.05, 0.1) is 6.61 Å². The Balaban J connectivity index is 2.34. The SMILES string of the molecule is CC(CN)CCC(=O)N(CCO)C1CCC1. The van der Waals surface area contributed by atoms with Crippen molar-refractivity contribution in [1.82, 2.24) is 4.90 Å². The van der Waals surface area contributed by atoms with Crippen LogP contribution in [0.25, 0.3) is 0 Å². The van der Waals surface area contributed by atoms with Crippen LogP contribution in [0, 0.1) is 5.92 Å². The van der Waals surface area contributed by atoms with Crippen molar-refractivity contribution in [2.24, 2.45) is 11.7 Å². The van der Waals surface area contributed by atoms with Gasteiger partial charge in [-0.2, -0.15) is 0 Å². The molecular weight excluding hydrogens is 204 g/mol. The Morgan fingerprint density at radius 1 is 1.56 bits per heavy atom. The summed E-state index contributed by atoms with van der Waals surface area (Å²) in [6.07, 6.45) is 4.81. The number of hydrogen-bond donors (Lipinski definition) is 2. The van der Waals surface area contributed by atoms with Crippen molar-refractivity contribution < 1.29 is 9.90 Å². The van der Waals surface area contributed by atoms with E-state index in [0.717, 1.165) is 19.3 Å². The van der Waals surface area contributed by atoms with Crippen LogP contribution in [0.2, 0.25) is 0 Å². The Labute approximate surface area is 97.8 Å². The van der Waals surface area contributed by atoms with E-state index in [-0.39, 0.29) is 12.5 Å². The van der Waals surface area contributed by atoms with Gasteiger partial charge in [0.1, 0.15) is 0 Å². The number of aliphatic hydroxyl groups excluding tert-OH is 1. The Kier molecular flexibility index (Phi) is 5.77. The lowest BCUT2D eigenvalue weighted by Gasteiger charge is -2.37. The van der Waals surface area contributed by atoms with Crippen LogP contribution in [0.1, 0.15) is 39.0 Å². The summed E-state index contributed by atoms with van der Waals surface area (Å²) >= 11 is 0. The summed E-state index contributed by atoms with van der Waals surface area (Å²) in [5, 5.41) is 8.96. The van der Waals surface area contributed by atoms with Crippen LogP contribution < -0.4 is 5.73 Å². The van der Waals surface area contributed by atoms with Crippen LogP contribution in [0.3, 0.4) is 0 Å². The molecule has 1 aliphatic rings. The van der Waals surface area contributed by atoms with Gasteiger partial charge >= 0.3 is 0 Å². The fourth-order valence-electron chi connectivity index (χ4n) is 1.95. The van der Waals surface area contributed by atoms with E-state index in [1.54, 1.807) is 0 Å². The van der Waals surface area contributed by atoms with Crippen molar-refractivity contribution in [1.29, 1.82) is 0 Å². The highest BCUT2D eigenvalue weighted by Crippen LogP contribution is 2.25. The molecule has 16 heavy (non-hydrogen) atoms. The molecule has 0 saturated heterocycles. The monoisotopic (exact) mass is 228 g/mol. The van der Waals surface area contributed by atoms with Gasteiger partial charge in [-0.15, -0.1) is 0 Å². The molecule has 4 heteroatoms. The van der Waals surface area contributed by atoms with E-state index in [1.165, 1.54) is 6.42 Å². The van der Waals surface area contributed by atoms with E-state index in [2.05, 4.69) is 6.92 Å². The summed E-state index contributed by atoms with van der Waals surface area (Å²) in [5.74, 6) is 0.584. The quantitative estimate of drug-likeness (QED) is 0.675. The predicted molar refractivity (Wildman–Crippen MR) is 63.9 cm³/mol. The summed E-state index contributed by atoms with van der Waals surface area (Å²) in [6, 6.07) is 0.382. The highest BCUT2D eigenvalue weighted by atomic mass is 16.3. The topological polar surface area (TPSA) is 66.6 Å². The average Bonchev–Trinajstić information content (AvgIpc) is 2.22. The molecule has 4 nitrogen and oxygen atoms in total. The van der Waals surface area contributed by atoms with Crippen LogP contribution in [-0.4, -0.2) is 41.7 Å². The minimum absolute atomic E-state index is 0.0642. The minimum Gasteiger partial charge on any atom is -0.395 e. The van der Waals surface area contributed by atoms with Crippen molar-refractivity contribution in [2.75, 3.05) is 19.7 Å². The summed E-state index contributed by atoms with van der Waals surface area (Å²) in [5.41, 5.74) is 5.53. The molecule has 0 aromatic rings. The third kappa shape index (κ3) is 3.76. The molecule has 1 aliphatic carbocycles. The lowest BCUT2D eigenvalue weighted by atomic mass is 9.91. The van der Waals surface area contributed by atoms with Gasteiger partial charge in [0.25, 0.3) is 0 Å². The van der Waals surface area contributed by atoms with Gasteiger partial charge in [0.2, 0.25) is 5.91 Å². The predicted octanol–water partition coefficient (Wildman–Crippen LogP) is 0.735. The highest BCUT2D eigenvalue weighted by Gasteiger charge is 2.27. The average molecular weight is 228 g/mol. The van der Waals surface area contributed by atoms with E-state index < -0.39 is 0 Å². The zero-order valence-corrected chi connectivity index (χ0v) is 10.2. The summed E-state index contributed by atoms with van der Waals surface area (Å²) < 4.78 is 0. The molecule has 1 unspecified atom stereocenters. The van der Waals surface area contributed by atoms with Crippen molar-refractivity contribution in [3.8, 4) is 0 Å². The fourth-order valence-corrected chi connectivity index (χ4v) is 1.95. The lowest BCUT2D eigenvalue weighted by Crippen LogP contribution is -2.45. The maximum absolute atomic E-state index is 12.0. The first-order valence-electron chi connectivity index (χ1n) is 6.29. The van der Waals surface area contributed by atoms with E-state index >= 15 is 0 Å². The van der Waals surface area contributed by atoms with Crippen molar-refractivity contribution >= 4 is 5.91 Å². The zero-order valence-electron chi connectivity index (χ0n) is 10.2. The normalized spacial score (nSPS) is 17.9. The third-order valence-corrected chi connectivity index (χ3v) is 3.43. The number of aliphatic hydroxyl groups is 1. The largest absolute Gasteiger partial charge is 0.395 e. The fraction of sp³-hybridized carbons (Fsp3) is 0.917. The van der Waals surface area contributed by atoms with Crippen molar-refractivity contribution in [2.45, 2.75) is 45.1 Å². The molecule has 0 spiro atoms. The number of hydrogen-bond acceptors (Lipinski definition) is 3. The van der Waals surface area contributed by atoms with Gasteiger partial charge in [-0.1, -0.05) is 6.92 Å². The molecule has 0 aliphatic heterocycles. The molecule has 0 heterocycles. The number of amides is 1. The summed E-state index contributed by atoms with van der Waals surface area (Å²) in [6.45, 7) is 3.25. The Hall–Kier alpha value is -0.610. The van der Waals surface area contributed by atoms with Crippen molar-refractivity contribution in [3.05, 3.63) is 0 Å². The highest BCUT2D eigenvalue weighted by molar-refractivity contribution is 5.76. The third-order valence-electron chi connectivity index (χ3n) is 3.43. The molecule has 0 bridgehead atoms. The number of carbonyl (C=O) groups excluding carboxylic acids is 1. The summed E-state index contributed by atoms with van der Waals surface area (Å²) in [7, 11) is 0. The van der Waals surface area contributed by atoms with E-state index in [9.17, 15) is 4.79 Å². The standard InChI is InChI=1S/C12H24N2O2/c1-10(9-13)5-6-12(16)14(7-8-15)11-3-2-4-11/h10-11,15H,2-9,13H2,1H3.